The molecule has 0 heterocycles. The van der Waals surface area contributed by atoms with Gasteiger partial charge < -0.3 is 10.1 Å². The fraction of sp³-hybridized carbons (Fsp3) is 0.176. The van der Waals surface area contributed by atoms with Crippen molar-refractivity contribution in [1.82, 2.24) is 0 Å². The molecular weight excluding hydrogens is 337 g/mol. The zero-order valence-corrected chi connectivity index (χ0v) is 13.2. The molecule has 25 heavy (non-hydrogen) atoms. The molecular formula is C17H15F3N2O3. The van der Waals surface area contributed by atoms with E-state index in [2.05, 4.69) is 10.6 Å². The topological polar surface area (TPSA) is 67.4 Å². The minimum atomic E-state index is -4.45. The predicted octanol–water partition coefficient (Wildman–Crippen LogP) is 4.53. The van der Waals surface area contributed by atoms with Crippen molar-refractivity contribution >= 4 is 23.4 Å². The Labute approximate surface area is 141 Å². The molecule has 2 aromatic rings. The number of hydrogen-bond donors (Lipinski definition) is 2. The number of benzene rings is 2. The molecule has 132 valence electrons. The highest BCUT2D eigenvalue weighted by Crippen LogP contribution is 2.29. The Balaban J connectivity index is 1.99. The van der Waals surface area contributed by atoms with Gasteiger partial charge in [-0.25, -0.2) is 4.79 Å². The van der Waals surface area contributed by atoms with Crippen molar-refractivity contribution in [3.8, 4) is 0 Å². The summed E-state index contributed by atoms with van der Waals surface area (Å²) in [6.45, 7) is 1.92. The van der Waals surface area contributed by atoms with Crippen LogP contribution < -0.4 is 10.6 Å². The van der Waals surface area contributed by atoms with Crippen LogP contribution in [0.15, 0.2) is 48.5 Å². The molecule has 2 rings (SSSR count). The maximum Gasteiger partial charge on any atom is 0.416 e. The molecule has 8 heteroatoms. The van der Waals surface area contributed by atoms with Gasteiger partial charge in [0.05, 0.1) is 12.2 Å². The largest absolute Gasteiger partial charge is 0.450 e. The lowest BCUT2D eigenvalue weighted by Crippen LogP contribution is -2.14. The predicted molar refractivity (Wildman–Crippen MR) is 86.5 cm³/mol. The van der Waals surface area contributed by atoms with Crippen LogP contribution in [0, 0.1) is 0 Å². The molecule has 2 amide bonds. The minimum Gasteiger partial charge on any atom is -0.450 e. The van der Waals surface area contributed by atoms with E-state index in [1.54, 1.807) is 31.2 Å². The van der Waals surface area contributed by atoms with Crippen molar-refractivity contribution < 1.29 is 27.5 Å². The van der Waals surface area contributed by atoms with E-state index in [9.17, 15) is 22.8 Å². The molecule has 0 unspecified atom stereocenters. The normalized spacial score (nSPS) is 10.9. The van der Waals surface area contributed by atoms with E-state index >= 15 is 0 Å². The Morgan fingerprint density at radius 2 is 1.44 bits per heavy atom. The fourth-order valence-corrected chi connectivity index (χ4v) is 1.94. The van der Waals surface area contributed by atoms with Crippen molar-refractivity contribution in [2.75, 3.05) is 17.2 Å². The first-order chi connectivity index (χ1) is 11.8. The van der Waals surface area contributed by atoms with Crippen molar-refractivity contribution in [3.05, 3.63) is 59.7 Å². The maximum atomic E-state index is 12.5. The maximum absolute atomic E-state index is 12.5. The first kappa shape index (κ1) is 18.3. The quantitative estimate of drug-likeness (QED) is 0.850. The van der Waals surface area contributed by atoms with Gasteiger partial charge in [0.2, 0.25) is 0 Å². The smallest absolute Gasteiger partial charge is 0.416 e. The molecule has 0 radical (unpaired) electrons. The van der Waals surface area contributed by atoms with Gasteiger partial charge in [-0.2, -0.15) is 13.2 Å². The van der Waals surface area contributed by atoms with Crippen LogP contribution in [-0.2, 0) is 10.9 Å². The molecule has 0 aliphatic heterocycles. The van der Waals surface area contributed by atoms with Gasteiger partial charge in [-0.15, -0.1) is 0 Å². The second-order valence-corrected chi connectivity index (χ2v) is 4.95. The van der Waals surface area contributed by atoms with Crippen LogP contribution in [0.3, 0.4) is 0 Å². The van der Waals surface area contributed by atoms with Gasteiger partial charge >= 0.3 is 12.3 Å². The Morgan fingerprint density at radius 1 is 0.920 bits per heavy atom. The lowest BCUT2D eigenvalue weighted by molar-refractivity contribution is -0.137. The summed E-state index contributed by atoms with van der Waals surface area (Å²) in [6, 6.07) is 10.1. The number of carbonyl (C=O) groups is 2. The zero-order chi connectivity index (χ0) is 18.4. The summed E-state index contributed by atoms with van der Waals surface area (Å²) in [6.07, 6.45) is -5.04. The molecule has 5 nitrogen and oxygen atoms in total. The third-order valence-corrected chi connectivity index (χ3v) is 3.14. The van der Waals surface area contributed by atoms with Gasteiger partial charge in [-0.3, -0.25) is 10.1 Å². The van der Waals surface area contributed by atoms with Crippen LogP contribution in [0.5, 0.6) is 0 Å². The number of anilines is 2. The molecule has 0 spiro atoms. The van der Waals surface area contributed by atoms with E-state index in [-0.39, 0.29) is 12.2 Å². The molecule has 2 aromatic carbocycles. The van der Waals surface area contributed by atoms with Crippen molar-refractivity contribution in [2.24, 2.45) is 0 Å². The van der Waals surface area contributed by atoms with Gasteiger partial charge in [0.25, 0.3) is 5.91 Å². The molecule has 0 fully saturated rings. The van der Waals surface area contributed by atoms with Gasteiger partial charge in [-0.1, -0.05) is 0 Å². The SMILES string of the molecule is CCOC(=O)Nc1ccc(NC(=O)c2ccc(C(F)(F)F)cc2)cc1. The summed E-state index contributed by atoms with van der Waals surface area (Å²) in [4.78, 5) is 23.3. The van der Waals surface area contributed by atoms with E-state index in [0.29, 0.717) is 11.4 Å². The third-order valence-electron chi connectivity index (χ3n) is 3.14. The van der Waals surface area contributed by atoms with E-state index < -0.39 is 23.7 Å². The lowest BCUT2D eigenvalue weighted by Gasteiger charge is -2.09. The highest BCUT2D eigenvalue weighted by molar-refractivity contribution is 6.04. The van der Waals surface area contributed by atoms with Crippen molar-refractivity contribution in [2.45, 2.75) is 13.1 Å². The van der Waals surface area contributed by atoms with Crippen LogP contribution in [0.2, 0.25) is 0 Å². The van der Waals surface area contributed by atoms with Gasteiger partial charge in [0.1, 0.15) is 0 Å². The second-order valence-electron chi connectivity index (χ2n) is 4.95. The number of ether oxygens (including phenoxy) is 1. The van der Waals surface area contributed by atoms with Gasteiger partial charge in [0, 0.05) is 16.9 Å². The molecule has 0 saturated heterocycles. The Hall–Kier alpha value is -3.03. The average molecular weight is 352 g/mol. The summed E-state index contributed by atoms with van der Waals surface area (Å²) in [5.41, 5.74) is 0.186. The first-order valence-corrected chi connectivity index (χ1v) is 7.32. The van der Waals surface area contributed by atoms with Gasteiger partial charge in [-0.05, 0) is 55.5 Å². The number of rotatable bonds is 4. The number of amides is 2. The van der Waals surface area contributed by atoms with E-state index in [0.717, 1.165) is 24.3 Å². The number of nitrogens with one attached hydrogen (secondary N) is 2. The highest BCUT2D eigenvalue weighted by atomic mass is 19.4. The van der Waals surface area contributed by atoms with Crippen LogP contribution in [0.1, 0.15) is 22.8 Å². The molecule has 2 N–H and O–H groups in total. The molecule has 0 aromatic heterocycles. The Morgan fingerprint density at radius 3 is 1.92 bits per heavy atom. The fourth-order valence-electron chi connectivity index (χ4n) is 1.94. The standard InChI is InChI=1S/C17H15F3N2O3/c1-2-25-16(24)22-14-9-7-13(8-10-14)21-15(23)11-3-5-12(6-4-11)17(18,19)20/h3-10H,2H2,1H3,(H,21,23)(H,22,24). The molecule has 0 aliphatic rings. The molecule has 0 aliphatic carbocycles. The monoisotopic (exact) mass is 352 g/mol. The molecule has 0 atom stereocenters. The third kappa shape index (κ3) is 5.23. The van der Waals surface area contributed by atoms with Crippen LogP contribution in [0.4, 0.5) is 29.3 Å². The zero-order valence-electron chi connectivity index (χ0n) is 13.2. The Bertz CT molecular complexity index is 741. The van der Waals surface area contributed by atoms with E-state index in [1.165, 1.54) is 0 Å². The number of halogens is 3. The van der Waals surface area contributed by atoms with E-state index in [4.69, 9.17) is 4.74 Å². The summed E-state index contributed by atoms with van der Waals surface area (Å²) < 4.78 is 42.2. The van der Waals surface area contributed by atoms with Gasteiger partial charge in [0.15, 0.2) is 0 Å². The molecule has 0 bridgehead atoms. The summed E-state index contributed by atoms with van der Waals surface area (Å²) >= 11 is 0. The second kappa shape index (κ2) is 7.69. The summed E-state index contributed by atoms with van der Waals surface area (Å²) in [5, 5.41) is 5.05. The number of carbonyl (C=O) groups excluding carboxylic acids is 2. The minimum absolute atomic E-state index is 0.0988. The summed E-state index contributed by atoms with van der Waals surface area (Å²) in [7, 11) is 0. The van der Waals surface area contributed by atoms with Crippen LogP contribution >= 0.6 is 0 Å². The highest BCUT2D eigenvalue weighted by Gasteiger charge is 2.30. The first-order valence-electron chi connectivity index (χ1n) is 7.32. The summed E-state index contributed by atoms with van der Waals surface area (Å²) in [5.74, 6) is -0.542. The van der Waals surface area contributed by atoms with E-state index in [1.807, 2.05) is 0 Å². The lowest BCUT2D eigenvalue weighted by atomic mass is 10.1. The number of hydrogen-bond acceptors (Lipinski definition) is 3. The van der Waals surface area contributed by atoms with Crippen molar-refractivity contribution in [3.63, 3.8) is 0 Å². The van der Waals surface area contributed by atoms with Crippen molar-refractivity contribution in [1.29, 1.82) is 0 Å². The van der Waals surface area contributed by atoms with Crippen LogP contribution in [-0.4, -0.2) is 18.6 Å². The Kier molecular flexibility index (Phi) is 5.63. The average Bonchev–Trinajstić information content (AvgIpc) is 2.56. The number of alkyl halides is 3. The van der Waals surface area contributed by atoms with Crippen LogP contribution in [0.25, 0.3) is 0 Å². The molecule has 0 saturated carbocycles.